The maximum absolute atomic E-state index is 2.26. The Morgan fingerprint density at radius 3 is 2.08 bits per heavy atom. The zero-order valence-corrected chi connectivity index (χ0v) is 8.80. The van der Waals surface area contributed by atoms with E-state index in [4.69, 9.17) is 0 Å². The summed E-state index contributed by atoms with van der Waals surface area (Å²) in [5, 5.41) is 0. The zero-order valence-electron chi connectivity index (χ0n) is 8.80. The summed E-state index contributed by atoms with van der Waals surface area (Å²) in [5.41, 5.74) is 4.21. The molecule has 0 saturated heterocycles. The van der Waals surface area contributed by atoms with Crippen LogP contribution in [0.15, 0.2) is 35.9 Å². The third-order valence-electron chi connectivity index (χ3n) is 2.18. The Bertz CT molecular complexity index is 273. The molecule has 1 aromatic rings. The van der Waals surface area contributed by atoms with Gasteiger partial charge in [-0.2, -0.15) is 0 Å². The topological polar surface area (TPSA) is 0 Å². The fraction of sp³-hybridized carbons (Fsp3) is 0.385. The molecule has 0 radical (unpaired) electrons. The number of rotatable bonds is 3. The van der Waals surface area contributed by atoms with E-state index < -0.39 is 0 Å². The molecule has 70 valence electrons. The van der Waals surface area contributed by atoms with Crippen LogP contribution in [-0.2, 0) is 12.8 Å². The first kappa shape index (κ1) is 10.0. The van der Waals surface area contributed by atoms with Crippen LogP contribution in [0.3, 0.4) is 0 Å². The highest BCUT2D eigenvalue weighted by Crippen LogP contribution is 2.07. The van der Waals surface area contributed by atoms with Gasteiger partial charge in [-0.3, -0.25) is 0 Å². The molecule has 13 heavy (non-hydrogen) atoms. The van der Waals surface area contributed by atoms with Crippen molar-refractivity contribution < 1.29 is 0 Å². The summed E-state index contributed by atoms with van der Waals surface area (Å²) in [7, 11) is 0. The molecule has 0 N–H and O–H groups in total. The SMILES string of the molecule is CCc1ccc(CC=C(C)C)cc1. The van der Waals surface area contributed by atoms with Crippen molar-refractivity contribution in [2.75, 3.05) is 0 Å². The Kier molecular flexibility index (Phi) is 3.75. The lowest BCUT2D eigenvalue weighted by Crippen LogP contribution is -1.84. The van der Waals surface area contributed by atoms with Gasteiger partial charge in [0.05, 0.1) is 0 Å². The Morgan fingerprint density at radius 1 is 1.08 bits per heavy atom. The van der Waals surface area contributed by atoms with Crippen molar-refractivity contribution in [2.45, 2.75) is 33.6 Å². The van der Waals surface area contributed by atoms with Gasteiger partial charge < -0.3 is 0 Å². The lowest BCUT2D eigenvalue weighted by atomic mass is 10.1. The number of allylic oxidation sites excluding steroid dienone is 2. The zero-order chi connectivity index (χ0) is 9.68. The van der Waals surface area contributed by atoms with Gasteiger partial charge in [0, 0.05) is 0 Å². The second-order valence-corrected chi connectivity index (χ2v) is 3.66. The van der Waals surface area contributed by atoms with Crippen molar-refractivity contribution in [2.24, 2.45) is 0 Å². The normalized spacial score (nSPS) is 9.77. The van der Waals surface area contributed by atoms with Crippen molar-refractivity contribution in [3.8, 4) is 0 Å². The van der Waals surface area contributed by atoms with Gasteiger partial charge >= 0.3 is 0 Å². The summed E-state index contributed by atoms with van der Waals surface area (Å²) in [4.78, 5) is 0. The third kappa shape index (κ3) is 3.45. The second kappa shape index (κ2) is 4.86. The van der Waals surface area contributed by atoms with Crippen molar-refractivity contribution in [3.05, 3.63) is 47.0 Å². The summed E-state index contributed by atoms with van der Waals surface area (Å²) in [6.07, 6.45) is 4.45. The van der Waals surface area contributed by atoms with Crippen molar-refractivity contribution in [3.63, 3.8) is 0 Å². The molecule has 0 saturated carbocycles. The van der Waals surface area contributed by atoms with Crippen molar-refractivity contribution >= 4 is 0 Å². The molecule has 0 aliphatic rings. The summed E-state index contributed by atoms with van der Waals surface area (Å²) in [6, 6.07) is 8.87. The molecular weight excluding hydrogens is 156 g/mol. The first-order chi connectivity index (χ1) is 6.22. The Hall–Kier alpha value is -1.04. The number of hydrogen-bond acceptors (Lipinski definition) is 0. The molecule has 0 fully saturated rings. The van der Waals surface area contributed by atoms with Gasteiger partial charge in [0.1, 0.15) is 0 Å². The van der Waals surface area contributed by atoms with E-state index in [2.05, 4.69) is 51.1 Å². The van der Waals surface area contributed by atoms with Crippen LogP contribution in [0.5, 0.6) is 0 Å². The summed E-state index contributed by atoms with van der Waals surface area (Å²) in [6.45, 7) is 6.46. The maximum Gasteiger partial charge on any atom is -0.00950 e. The number of hydrogen-bond donors (Lipinski definition) is 0. The Morgan fingerprint density at radius 2 is 1.62 bits per heavy atom. The van der Waals surface area contributed by atoms with E-state index in [1.54, 1.807) is 0 Å². The standard InChI is InChI=1S/C13H18/c1-4-12-7-9-13(10-8-12)6-5-11(2)3/h5,7-10H,4,6H2,1-3H3. The lowest BCUT2D eigenvalue weighted by molar-refractivity contribution is 1.12. The molecule has 1 aromatic carbocycles. The second-order valence-electron chi connectivity index (χ2n) is 3.66. The van der Waals surface area contributed by atoms with Crippen LogP contribution >= 0.6 is 0 Å². The quantitative estimate of drug-likeness (QED) is 0.612. The van der Waals surface area contributed by atoms with Crippen LogP contribution in [0.1, 0.15) is 31.9 Å². The van der Waals surface area contributed by atoms with Crippen LogP contribution in [0.25, 0.3) is 0 Å². The van der Waals surface area contributed by atoms with E-state index >= 15 is 0 Å². The average Bonchev–Trinajstić information content (AvgIpc) is 2.15. The van der Waals surface area contributed by atoms with Crippen molar-refractivity contribution in [1.29, 1.82) is 0 Å². The summed E-state index contributed by atoms with van der Waals surface area (Å²) >= 11 is 0. The molecule has 0 aliphatic carbocycles. The minimum atomic E-state index is 1.06. The maximum atomic E-state index is 2.26. The molecule has 0 heterocycles. The lowest BCUT2D eigenvalue weighted by Gasteiger charge is -1.99. The molecule has 0 atom stereocenters. The molecule has 0 aromatic heterocycles. The summed E-state index contributed by atoms with van der Waals surface area (Å²) in [5.74, 6) is 0. The van der Waals surface area contributed by atoms with E-state index in [0.29, 0.717) is 0 Å². The van der Waals surface area contributed by atoms with Crippen LogP contribution in [0.4, 0.5) is 0 Å². The minimum Gasteiger partial charge on any atom is -0.0815 e. The Balaban J connectivity index is 2.64. The molecular formula is C13H18. The molecule has 0 bridgehead atoms. The predicted octanol–water partition coefficient (Wildman–Crippen LogP) is 3.76. The van der Waals surface area contributed by atoms with E-state index in [1.165, 1.54) is 16.7 Å². The van der Waals surface area contributed by atoms with Gasteiger partial charge in [-0.1, -0.05) is 42.8 Å². The van der Waals surface area contributed by atoms with Gasteiger partial charge in [0.15, 0.2) is 0 Å². The van der Waals surface area contributed by atoms with Crippen LogP contribution in [-0.4, -0.2) is 0 Å². The molecule has 0 unspecified atom stereocenters. The van der Waals surface area contributed by atoms with Crippen molar-refractivity contribution in [1.82, 2.24) is 0 Å². The summed E-state index contributed by atoms with van der Waals surface area (Å²) < 4.78 is 0. The van der Waals surface area contributed by atoms with E-state index in [9.17, 15) is 0 Å². The van der Waals surface area contributed by atoms with Crippen LogP contribution in [0.2, 0.25) is 0 Å². The van der Waals surface area contributed by atoms with E-state index in [0.717, 1.165) is 12.8 Å². The predicted molar refractivity (Wildman–Crippen MR) is 59.0 cm³/mol. The third-order valence-corrected chi connectivity index (χ3v) is 2.18. The van der Waals surface area contributed by atoms with Gasteiger partial charge in [0.2, 0.25) is 0 Å². The van der Waals surface area contributed by atoms with E-state index in [1.807, 2.05) is 0 Å². The van der Waals surface area contributed by atoms with Gasteiger partial charge in [0.25, 0.3) is 0 Å². The highest BCUT2D eigenvalue weighted by molar-refractivity contribution is 5.24. The molecule has 0 heteroatoms. The molecule has 1 rings (SSSR count). The van der Waals surface area contributed by atoms with Gasteiger partial charge in [-0.05, 0) is 37.8 Å². The van der Waals surface area contributed by atoms with Crippen LogP contribution < -0.4 is 0 Å². The largest absolute Gasteiger partial charge is 0.0815 e. The first-order valence-corrected chi connectivity index (χ1v) is 4.93. The minimum absolute atomic E-state index is 1.06. The fourth-order valence-electron chi connectivity index (χ4n) is 1.23. The number of aryl methyl sites for hydroxylation is 1. The Labute approximate surface area is 81.3 Å². The molecule has 0 aliphatic heterocycles. The first-order valence-electron chi connectivity index (χ1n) is 4.93. The smallest absolute Gasteiger partial charge is 0.00950 e. The van der Waals surface area contributed by atoms with E-state index in [-0.39, 0.29) is 0 Å². The highest BCUT2D eigenvalue weighted by atomic mass is 14.0. The average molecular weight is 174 g/mol. The van der Waals surface area contributed by atoms with Crippen LogP contribution in [0, 0.1) is 0 Å². The molecule has 0 amide bonds. The highest BCUT2D eigenvalue weighted by Gasteiger charge is 1.90. The fourth-order valence-corrected chi connectivity index (χ4v) is 1.23. The molecule has 0 nitrogen and oxygen atoms in total. The van der Waals surface area contributed by atoms with Gasteiger partial charge in [-0.15, -0.1) is 0 Å². The monoisotopic (exact) mass is 174 g/mol. The number of benzene rings is 1. The van der Waals surface area contributed by atoms with Gasteiger partial charge in [-0.25, -0.2) is 0 Å². The molecule has 0 spiro atoms.